The average molecular weight is 380 g/mol. The second-order valence-corrected chi connectivity index (χ2v) is 8.44. The molecule has 2 fully saturated rings. The fraction of sp³-hybridized carbons (Fsp3) is 0.545. The maximum absolute atomic E-state index is 13.6. The Kier molecular flexibility index (Phi) is 4.38. The minimum atomic E-state index is -0.460. The van der Waals surface area contributed by atoms with E-state index >= 15 is 0 Å². The number of likely N-dealkylation sites (tertiary alicyclic amines) is 1. The first kappa shape index (κ1) is 17.7. The van der Waals surface area contributed by atoms with Crippen molar-refractivity contribution < 1.29 is 9.53 Å². The molecule has 28 heavy (non-hydrogen) atoms. The molecule has 5 rings (SSSR count). The summed E-state index contributed by atoms with van der Waals surface area (Å²) in [4.78, 5) is 15.7. The van der Waals surface area contributed by atoms with Crippen LogP contribution in [0.25, 0.3) is 0 Å². The number of anilines is 1. The summed E-state index contributed by atoms with van der Waals surface area (Å²) in [6.07, 6.45) is 8.51. The second kappa shape index (κ2) is 6.92. The van der Waals surface area contributed by atoms with Crippen molar-refractivity contribution in [2.45, 2.75) is 56.1 Å². The number of hydrogen-bond donors (Lipinski definition) is 2. The van der Waals surface area contributed by atoms with Gasteiger partial charge in [0.15, 0.2) is 0 Å². The van der Waals surface area contributed by atoms with Gasteiger partial charge in [0.2, 0.25) is 5.91 Å². The third-order valence-corrected chi connectivity index (χ3v) is 6.81. The lowest BCUT2D eigenvalue weighted by Gasteiger charge is -2.45. The van der Waals surface area contributed by atoms with Gasteiger partial charge in [-0.25, -0.2) is 0 Å². The Morgan fingerprint density at radius 3 is 2.61 bits per heavy atom. The van der Waals surface area contributed by atoms with E-state index in [-0.39, 0.29) is 11.5 Å². The number of hydrogen-bond acceptors (Lipinski definition) is 4. The van der Waals surface area contributed by atoms with Crippen molar-refractivity contribution in [2.75, 3.05) is 25.0 Å². The van der Waals surface area contributed by atoms with Crippen LogP contribution in [0, 0.1) is 0 Å². The largest absolute Gasteiger partial charge is 0.371 e. The normalized spacial score (nSPS) is 22.8. The number of carbonyl (C=O) groups is 1. The molecule has 6 nitrogen and oxygen atoms in total. The van der Waals surface area contributed by atoms with Gasteiger partial charge in [-0.1, -0.05) is 31.0 Å². The van der Waals surface area contributed by atoms with Crippen LogP contribution in [0.1, 0.15) is 49.8 Å². The molecule has 6 heteroatoms. The second-order valence-electron chi connectivity index (χ2n) is 8.44. The number of nitrogens with one attached hydrogen (secondary N) is 2. The molecule has 0 radical (unpaired) electrons. The molecule has 1 spiro atoms. The van der Waals surface area contributed by atoms with Crippen LogP contribution in [0.15, 0.2) is 36.5 Å². The van der Waals surface area contributed by atoms with Crippen molar-refractivity contribution in [1.82, 2.24) is 15.1 Å². The summed E-state index contributed by atoms with van der Waals surface area (Å²) in [7, 11) is 0. The average Bonchev–Trinajstić information content (AvgIpc) is 3.40. The Morgan fingerprint density at radius 1 is 1.11 bits per heavy atom. The van der Waals surface area contributed by atoms with Crippen molar-refractivity contribution in [2.24, 2.45) is 0 Å². The predicted molar refractivity (Wildman–Crippen MR) is 107 cm³/mol. The molecule has 2 aromatic rings. The van der Waals surface area contributed by atoms with E-state index in [2.05, 4.69) is 20.4 Å². The molecule has 1 saturated heterocycles. The number of carbonyl (C=O) groups excluding carboxylic acids is 1. The quantitative estimate of drug-likeness (QED) is 0.858. The molecule has 1 aromatic carbocycles. The highest BCUT2D eigenvalue weighted by Gasteiger charge is 2.48. The molecule has 3 aliphatic rings. The lowest BCUT2D eigenvalue weighted by molar-refractivity contribution is -0.145. The van der Waals surface area contributed by atoms with E-state index < -0.39 is 5.54 Å². The highest BCUT2D eigenvalue weighted by molar-refractivity contribution is 5.90. The summed E-state index contributed by atoms with van der Waals surface area (Å²) in [5.74, 6) is 0.254. The summed E-state index contributed by atoms with van der Waals surface area (Å²) in [6.45, 7) is 2.20. The molecule has 1 saturated carbocycles. The Balaban J connectivity index is 1.33. The highest BCUT2D eigenvalue weighted by Crippen LogP contribution is 2.42. The van der Waals surface area contributed by atoms with Crippen molar-refractivity contribution in [3.8, 4) is 0 Å². The number of aromatic amines is 1. The van der Waals surface area contributed by atoms with Crippen molar-refractivity contribution in [3.63, 3.8) is 0 Å². The SMILES string of the molecule is O=C(N1CCC2(CC1)OCCc1cn[nH]c12)C1(Nc2ccccc2)CCCC1. The molecular formula is C22H28N4O2. The van der Waals surface area contributed by atoms with Crippen LogP contribution in [0.3, 0.4) is 0 Å². The highest BCUT2D eigenvalue weighted by atomic mass is 16.5. The first-order valence-electron chi connectivity index (χ1n) is 10.5. The minimum absolute atomic E-state index is 0.254. The van der Waals surface area contributed by atoms with Crippen molar-refractivity contribution in [1.29, 1.82) is 0 Å². The van der Waals surface area contributed by atoms with E-state index in [0.717, 1.165) is 76.0 Å². The van der Waals surface area contributed by atoms with Gasteiger partial charge in [-0.2, -0.15) is 5.10 Å². The Morgan fingerprint density at radius 2 is 1.86 bits per heavy atom. The smallest absolute Gasteiger partial charge is 0.248 e. The summed E-state index contributed by atoms with van der Waals surface area (Å²) >= 11 is 0. The molecule has 148 valence electrons. The van der Waals surface area contributed by atoms with Gasteiger partial charge >= 0.3 is 0 Å². The van der Waals surface area contributed by atoms with Gasteiger partial charge < -0.3 is 15.0 Å². The van der Waals surface area contributed by atoms with Crippen LogP contribution in [0.2, 0.25) is 0 Å². The zero-order valence-electron chi connectivity index (χ0n) is 16.2. The lowest BCUT2D eigenvalue weighted by Crippen LogP contribution is -2.56. The summed E-state index contributed by atoms with van der Waals surface area (Å²) < 4.78 is 6.24. The van der Waals surface area contributed by atoms with Crippen LogP contribution >= 0.6 is 0 Å². The lowest BCUT2D eigenvalue weighted by atomic mass is 9.83. The van der Waals surface area contributed by atoms with Gasteiger partial charge in [0.25, 0.3) is 0 Å². The first-order chi connectivity index (χ1) is 13.7. The molecule has 0 bridgehead atoms. The standard InChI is InChI=1S/C22H28N4O2/c27-20(21(9-4-5-10-21)24-18-6-2-1-3-7-18)26-13-11-22(12-14-26)19-17(8-15-28-22)16-23-25-19/h1-3,6-7,16,24H,4-5,8-15H2,(H,23,25). The van der Waals surface area contributed by atoms with Crippen LogP contribution in [-0.4, -0.2) is 46.2 Å². The van der Waals surface area contributed by atoms with Gasteiger partial charge in [0, 0.05) is 18.8 Å². The molecular weight excluding hydrogens is 352 g/mol. The molecule has 1 aliphatic carbocycles. The van der Waals surface area contributed by atoms with E-state index in [1.54, 1.807) is 0 Å². The first-order valence-corrected chi connectivity index (χ1v) is 10.5. The van der Waals surface area contributed by atoms with Gasteiger partial charge in [-0.15, -0.1) is 0 Å². The van der Waals surface area contributed by atoms with Crippen LogP contribution in [0.4, 0.5) is 5.69 Å². The summed E-state index contributed by atoms with van der Waals surface area (Å²) in [5.41, 5.74) is 2.67. The monoisotopic (exact) mass is 380 g/mol. The zero-order valence-corrected chi connectivity index (χ0v) is 16.2. The number of benzene rings is 1. The molecule has 0 unspecified atom stereocenters. The van der Waals surface area contributed by atoms with Gasteiger partial charge in [-0.3, -0.25) is 9.89 Å². The molecule has 0 atom stereocenters. The Labute approximate surface area is 165 Å². The maximum atomic E-state index is 13.6. The number of H-pyrrole nitrogens is 1. The number of piperidine rings is 1. The van der Waals surface area contributed by atoms with Crippen molar-refractivity contribution in [3.05, 3.63) is 47.8 Å². The number of aromatic nitrogens is 2. The van der Waals surface area contributed by atoms with Crippen LogP contribution in [-0.2, 0) is 21.6 Å². The van der Waals surface area contributed by atoms with Gasteiger partial charge in [0.1, 0.15) is 11.1 Å². The number of ether oxygens (including phenoxy) is 1. The van der Waals surface area contributed by atoms with Gasteiger partial charge in [-0.05, 0) is 49.8 Å². The fourth-order valence-electron chi connectivity index (χ4n) is 5.26. The number of nitrogens with zero attached hydrogens (tertiary/aromatic N) is 2. The van der Waals surface area contributed by atoms with E-state index in [1.165, 1.54) is 5.56 Å². The topological polar surface area (TPSA) is 70.2 Å². The molecule has 1 aromatic heterocycles. The molecule has 2 N–H and O–H groups in total. The van der Waals surface area contributed by atoms with E-state index in [0.29, 0.717) is 0 Å². The van der Waals surface area contributed by atoms with E-state index in [1.807, 2.05) is 36.5 Å². The number of para-hydroxylation sites is 1. The number of amides is 1. The minimum Gasteiger partial charge on any atom is -0.371 e. The third kappa shape index (κ3) is 2.91. The molecule has 3 heterocycles. The van der Waals surface area contributed by atoms with Gasteiger partial charge in [0.05, 0.1) is 18.5 Å². The molecule has 2 aliphatic heterocycles. The maximum Gasteiger partial charge on any atom is 0.248 e. The fourth-order valence-corrected chi connectivity index (χ4v) is 5.26. The zero-order chi connectivity index (χ0) is 19.0. The molecule has 1 amide bonds. The van der Waals surface area contributed by atoms with Crippen LogP contribution in [0.5, 0.6) is 0 Å². The third-order valence-electron chi connectivity index (χ3n) is 6.81. The van der Waals surface area contributed by atoms with Crippen molar-refractivity contribution >= 4 is 11.6 Å². The summed E-state index contributed by atoms with van der Waals surface area (Å²) in [5, 5.41) is 11.0. The van der Waals surface area contributed by atoms with E-state index in [4.69, 9.17) is 4.74 Å². The Hall–Kier alpha value is -2.34. The predicted octanol–water partition coefficient (Wildman–Crippen LogP) is 3.23. The number of rotatable bonds is 3. The number of fused-ring (bicyclic) bond motifs is 2. The van der Waals surface area contributed by atoms with E-state index in [9.17, 15) is 4.79 Å². The summed E-state index contributed by atoms with van der Waals surface area (Å²) in [6, 6.07) is 10.1. The van der Waals surface area contributed by atoms with Crippen LogP contribution < -0.4 is 5.32 Å². The Bertz CT molecular complexity index is 833.